The van der Waals surface area contributed by atoms with Crippen molar-refractivity contribution in [2.75, 3.05) is 0 Å². The summed E-state index contributed by atoms with van der Waals surface area (Å²) in [6.45, 7) is 0. The Morgan fingerprint density at radius 3 is 2.55 bits per heavy atom. The number of aromatic amines is 1. The van der Waals surface area contributed by atoms with Crippen molar-refractivity contribution in [1.29, 1.82) is 0 Å². The SMILES string of the molecule is O=C(O)C1(Cc2nc(C3CCCC3)n[nH]2)CCCCC1. The first-order chi connectivity index (χ1) is 9.70. The predicted octanol–water partition coefficient (Wildman–Crippen LogP) is 3.04. The van der Waals surface area contributed by atoms with Gasteiger partial charge in [0.2, 0.25) is 0 Å². The minimum atomic E-state index is -0.670. The number of carboxylic acids is 1. The lowest BCUT2D eigenvalue weighted by Crippen LogP contribution is -2.35. The molecule has 0 aliphatic heterocycles. The fourth-order valence-corrected chi connectivity index (χ4v) is 3.77. The quantitative estimate of drug-likeness (QED) is 0.886. The number of hydrogen-bond donors (Lipinski definition) is 2. The third-order valence-corrected chi connectivity index (χ3v) is 5.04. The van der Waals surface area contributed by atoms with Gasteiger partial charge >= 0.3 is 5.97 Å². The zero-order chi connectivity index (χ0) is 14.0. The molecule has 0 atom stereocenters. The second kappa shape index (κ2) is 5.54. The van der Waals surface area contributed by atoms with Crippen LogP contribution in [-0.2, 0) is 11.2 Å². The minimum Gasteiger partial charge on any atom is -0.481 e. The highest BCUT2D eigenvalue weighted by atomic mass is 16.4. The molecule has 0 radical (unpaired) electrons. The van der Waals surface area contributed by atoms with E-state index in [1.807, 2.05) is 0 Å². The van der Waals surface area contributed by atoms with Gasteiger partial charge in [-0.25, -0.2) is 4.98 Å². The lowest BCUT2D eigenvalue weighted by atomic mass is 9.72. The molecule has 5 nitrogen and oxygen atoms in total. The molecule has 0 bridgehead atoms. The van der Waals surface area contributed by atoms with Crippen LogP contribution >= 0.6 is 0 Å². The first-order valence-corrected chi connectivity index (χ1v) is 7.84. The third kappa shape index (κ3) is 2.58. The van der Waals surface area contributed by atoms with E-state index in [4.69, 9.17) is 0 Å². The van der Waals surface area contributed by atoms with E-state index in [1.54, 1.807) is 0 Å². The highest BCUT2D eigenvalue weighted by molar-refractivity contribution is 5.75. The maximum atomic E-state index is 11.7. The van der Waals surface area contributed by atoms with E-state index in [1.165, 1.54) is 25.7 Å². The van der Waals surface area contributed by atoms with Crippen molar-refractivity contribution in [3.8, 4) is 0 Å². The number of aromatic nitrogens is 3. The lowest BCUT2D eigenvalue weighted by molar-refractivity contribution is -0.151. The van der Waals surface area contributed by atoms with Crippen molar-refractivity contribution < 1.29 is 9.90 Å². The molecular formula is C15H23N3O2. The van der Waals surface area contributed by atoms with E-state index >= 15 is 0 Å². The second-order valence-corrected chi connectivity index (χ2v) is 6.44. The fourth-order valence-electron chi connectivity index (χ4n) is 3.77. The summed E-state index contributed by atoms with van der Waals surface area (Å²) in [4.78, 5) is 16.3. The van der Waals surface area contributed by atoms with Crippen LogP contribution in [0.4, 0.5) is 0 Å². The average Bonchev–Trinajstić information content (AvgIpc) is 3.10. The first kappa shape index (κ1) is 13.6. The summed E-state index contributed by atoms with van der Waals surface area (Å²) in [5.41, 5.74) is -0.620. The van der Waals surface area contributed by atoms with Gasteiger partial charge in [-0.15, -0.1) is 0 Å². The Kier molecular flexibility index (Phi) is 3.76. The minimum absolute atomic E-state index is 0.479. The van der Waals surface area contributed by atoms with Crippen molar-refractivity contribution in [3.05, 3.63) is 11.6 Å². The van der Waals surface area contributed by atoms with Crippen LogP contribution < -0.4 is 0 Å². The maximum Gasteiger partial charge on any atom is 0.310 e. The molecule has 2 aliphatic carbocycles. The molecule has 3 rings (SSSR count). The molecule has 2 aliphatic rings. The predicted molar refractivity (Wildman–Crippen MR) is 74.4 cm³/mol. The number of hydrogen-bond acceptors (Lipinski definition) is 3. The van der Waals surface area contributed by atoms with Gasteiger partial charge in [-0.3, -0.25) is 9.89 Å². The van der Waals surface area contributed by atoms with E-state index in [9.17, 15) is 9.90 Å². The molecule has 2 fully saturated rings. The summed E-state index contributed by atoms with van der Waals surface area (Å²) in [7, 11) is 0. The number of carbonyl (C=O) groups is 1. The molecule has 0 unspecified atom stereocenters. The van der Waals surface area contributed by atoms with Gasteiger partial charge in [0, 0.05) is 12.3 Å². The van der Waals surface area contributed by atoms with Gasteiger partial charge in [-0.1, -0.05) is 32.1 Å². The molecule has 0 spiro atoms. The molecule has 1 heterocycles. The van der Waals surface area contributed by atoms with Crippen molar-refractivity contribution >= 4 is 5.97 Å². The molecule has 5 heteroatoms. The molecule has 1 aromatic heterocycles. The average molecular weight is 277 g/mol. The molecule has 1 aromatic rings. The Hall–Kier alpha value is -1.39. The molecule has 20 heavy (non-hydrogen) atoms. The van der Waals surface area contributed by atoms with Crippen LogP contribution in [0, 0.1) is 5.41 Å². The van der Waals surface area contributed by atoms with Crippen molar-refractivity contribution in [3.63, 3.8) is 0 Å². The van der Waals surface area contributed by atoms with Gasteiger partial charge < -0.3 is 5.11 Å². The second-order valence-electron chi connectivity index (χ2n) is 6.44. The Bertz CT molecular complexity index is 471. The van der Waals surface area contributed by atoms with Crippen molar-refractivity contribution in [2.45, 2.75) is 70.1 Å². The standard InChI is InChI=1S/C15H23N3O2/c19-14(20)15(8-4-1-5-9-15)10-12-16-13(18-17-12)11-6-2-3-7-11/h11H,1-10H2,(H,19,20)(H,16,17,18). The smallest absolute Gasteiger partial charge is 0.310 e. The third-order valence-electron chi connectivity index (χ3n) is 5.04. The summed E-state index contributed by atoms with van der Waals surface area (Å²) >= 11 is 0. The number of carboxylic acid groups (broad SMARTS) is 1. The highest BCUT2D eigenvalue weighted by Crippen LogP contribution is 2.39. The van der Waals surface area contributed by atoms with Gasteiger partial charge in [0.25, 0.3) is 0 Å². The zero-order valence-electron chi connectivity index (χ0n) is 11.9. The Morgan fingerprint density at radius 2 is 1.90 bits per heavy atom. The number of H-pyrrole nitrogens is 1. The van der Waals surface area contributed by atoms with Crippen LogP contribution in [0.1, 0.15) is 75.4 Å². The van der Waals surface area contributed by atoms with Gasteiger partial charge in [-0.05, 0) is 25.7 Å². The number of aliphatic carboxylic acids is 1. The number of nitrogens with one attached hydrogen (secondary N) is 1. The fraction of sp³-hybridized carbons (Fsp3) is 0.800. The number of nitrogens with zero attached hydrogens (tertiary/aromatic N) is 2. The van der Waals surface area contributed by atoms with E-state index in [2.05, 4.69) is 15.2 Å². The Labute approximate surface area is 119 Å². The van der Waals surface area contributed by atoms with Gasteiger partial charge in [0.15, 0.2) is 5.82 Å². The van der Waals surface area contributed by atoms with Crippen LogP contribution in [0.2, 0.25) is 0 Å². The molecule has 2 saturated carbocycles. The van der Waals surface area contributed by atoms with E-state index in [0.29, 0.717) is 12.3 Å². The van der Waals surface area contributed by atoms with Crippen LogP contribution in [-0.4, -0.2) is 26.3 Å². The van der Waals surface area contributed by atoms with Crippen LogP contribution in [0.15, 0.2) is 0 Å². The maximum absolute atomic E-state index is 11.7. The Balaban J connectivity index is 1.73. The highest BCUT2D eigenvalue weighted by Gasteiger charge is 2.40. The summed E-state index contributed by atoms with van der Waals surface area (Å²) in [5.74, 6) is 1.47. The Morgan fingerprint density at radius 1 is 1.20 bits per heavy atom. The normalized spacial score (nSPS) is 23.0. The van der Waals surface area contributed by atoms with E-state index in [0.717, 1.165) is 43.8 Å². The van der Waals surface area contributed by atoms with Gasteiger partial charge in [-0.2, -0.15) is 5.10 Å². The van der Waals surface area contributed by atoms with E-state index < -0.39 is 11.4 Å². The first-order valence-electron chi connectivity index (χ1n) is 7.84. The van der Waals surface area contributed by atoms with Crippen LogP contribution in [0.25, 0.3) is 0 Å². The molecule has 0 amide bonds. The van der Waals surface area contributed by atoms with Crippen molar-refractivity contribution in [2.24, 2.45) is 5.41 Å². The van der Waals surface area contributed by atoms with Crippen molar-refractivity contribution in [1.82, 2.24) is 15.2 Å². The van der Waals surface area contributed by atoms with Gasteiger partial charge in [0.05, 0.1) is 5.41 Å². The van der Waals surface area contributed by atoms with Crippen LogP contribution in [0.5, 0.6) is 0 Å². The summed E-state index contributed by atoms with van der Waals surface area (Å²) < 4.78 is 0. The monoisotopic (exact) mass is 277 g/mol. The molecule has 110 valence electrons. The van der Waals surface area contributed by atoms with Gasteiger partial charge in [0.1, 0.15) is 5.82 Å². The molecule has 0 aromatic carbocycles. The lowest BCUT2D eigenvalue weighted by Gasteiger charge is -2.32. The summed E-state index contributed by atoms with van der Waals surface area (Å²) in [5, 5.41) is 16.9. The van der Waals surface area contributed by atoms with Crippen LogP contribution in [0.3, 0.4) is 0 Å². The number of rotatable bonds is 4. The summed E-state index contributed by atoms with van der Waals surface area (Å²) in [6.07, 6.45) is 10.1. The molecular weight excluding hydrogens is 254 g/mol. The topological polar surface area (TPSA) is 78.9 Å². The largest absolute Gasteiger partial charge is 0.481 e. The molecule has 2 N–H and O–H groups in total. The summed E-state index contributed by atoms with van der Waals surface area (Å²) in [6, 6.07) is 0. The zero-order valence-corrected chi connectivity index (χ0v) is 11.9. The molecule has 0 saturated heterocycles. The van der Waals surface area contributed by atoms with E-state index in [-0.39, 0.29) is 0 Å².